The smallest absolute Gasteiger partial charge is 0.00991 e. The Kier molecular flexibility index (Phi) is 3.45. The molecule has 2 unspecified atom stereocenters. The molecular weight excluding hydrogens is 172 g/mol. The average Bonchev–Trinajstić information content (AvgIpc) is 2.16. The van der Waals surface area contributed by atoms with Crippen molar-refractivity contribution in [2.75, 3.05) is 0 Å². The summed E-state index contributed by atoms with van der Waals surface area (Å²) in [6.07, 6.45) is 9.45. The summed E-state index contributed by atoms with van der Waals surface area (Å²) in [5, 5.41) is 3.77. The molecule has 0 aromatic heterocycles. The maximum atomic E-state index is 5.79. The van der Waals surface area contributed by atoms with Gasteiger partial charge in [0.05, 0.1) is 0 Å². The van der Waals surface area contributed by atoms with Crippen molar-refractivity contribution in [3.63, 3.8) is 0 Å². The molecule has 2 saturated carbocycles. The Morgan fingerprint density at radius 2 is 1.93 bits per heavy atom. The van der Waals surface area contributed by atoms with Crippen LogP contribution in [0.4, 0.5) is 0 Å². The lowest BCUT2D eigenvalue weighted by molar-refractivity contribution is 0.210. The maximum Gasteiger partial charge on any atom is 0.00991 e. The Labute approximate surface area is 87.6 Å². The summed E-state index contributed by atoms with van der Waals surface area (Å²) in [6.45, 7) is 2.33. The molecule has 2 rings (SSSR count). The summed E-state index contributed by atoms with van der Waals surface area (Å²) >= 11 is 0. The van der Waals surface area contributed by atoms with Crippen molar-refractivity contribution in [2.24, 2.45) is 11.7 Å². The van der Waals surface area contributed by atoms with Crippen LogP contribution < -0.4 is 11.1 Å². The highest BCUT2D eigenvalue weighted by molar-refractivity contribution is 4.91. The van der Waals surface area contributed by atoms with Crippen molar-refractivity contribution >= 4 is 0 Å². The van der Waals surface area contributed by atoms with Crippen LogP contribution in [0.2, 0.25) is 0 Å². The maximum absolute atomic E-state index is 5.79. The van der Waals surface area contributed by atoms with Gasteiger partial charge < -0.3 is 11.1 Å². The minimum absolute atomic E-state index is 0.484. The van der Waals surface area contributed by atoms with Crippen LogP contribution in [0.15, 0.2) is 0 Å². The molecule has 0 amide bonds. The lowest BCUT2D eigenvalue weighted by Crippen LogP contribution is -2.52. The summed E-state index contributed by atoms with van der Waals surface area (Å²) in [7, 11) is 0. The van der Waals surface area contributed by atoms with Gasteiger partial charge in [-0.25, -0.2) is 0 Å². The van der Waals surface area contributed by atoms with Gasteiger partial charge in [-0.15, -0.1) is 0 Å². The predicted octanol–water partition coefficient (Wildman–Crippen LogP) is 2.03. The second-order valence-corrected chi connectivity index (χ2v) is 5.23. The van der Waals surface area contributed by atoms with E-state index in [-0.39, 0.29) is 0 Å². The van der Waals surface area contributed by atoms with E-state index in [0.29, 0.717) is 6.04 Å². The molecule has 0 saturated heterocycles. The fourth-order valence-electron chi connectivity index (χ4n) is 2.94. The van der Waals surface area contributed by atoms with Gasteiger partial charge in [-0.1, -0.05) is 26.2 Å². The molecule has 0 aliphatic heterocycles. The van der Waals surface area contributed by atoms with Crippen LogP contribution in [-0.4, -0.2) is 18.1 Å². The Balaban J connectivity index is 1.69. The van der Waals surface area contributed by atoms with Crippen molar-refractivity contribution in [1.82, 2.24) is 5.32 Å². The Bertz CT molecular complexity index is 175. The van der Waals surface area contributed by atoms with Gasteiger partial charge in [0.2, 0.25) is 0 Å². The van der Waals surface area contributed by atoms with Crippen molar-refractivity contribution in [2.45, 2.75) is 70.0 Å². The zero-order valence-electron chi connectivity index (χ0n) is 9.34. The highest BCUT2D eigenvalue weighted by atomic mass is 15.0. The molecule has 0 heterocycles. The first-order valence-electron chi connectivity index (χ1n) is 6.29. The van der Waals surface area contributed by atoms with Crippen LogP contribution >= 0.6 is 0 Å². The summed E-state index contributed by atoms with van der Waals surface area (Å²) < 4.78 is 0. The molecule has 0 radical (unpaired) electrons. The molecule has 2 aliphatic carbocycles. The third-order valence-corrected chi connectivity index (χ3v) is 4.01. The molecule has 2 heteroatoms. The minimum atomic E-state index is 0.484. The van der Waals surface area contributed by atoms with Gasteiger partial charge in [0.25, 0.3) is 0 Å². The second-order valence-electron chi connectivity index (χ2n) is 5.23. The fourth-order valence-corrected chi connectivity index (χ4v) is 2.94. The first kappa shape index (κ1) is 10.4. The number of hydrogen-bond donors (Lipinski definition) is 2. The molecule has 2 atom stereocenters. The highest BCUT2D eigenvalue weighted by Gasteiger charge is 2.29. The molecule has 14 heavy (non-hydrogen) atoms. The van der Waals surface area contributed by atoms with Crippen LogP contribution in [0.3, 0.4) is 0 Å². The standard InChI is InChI=1S/C12H24N2/c1-2-9-4-3-5-11(6-9)14-12-7-10(13)8-12/h9-12,14H,2-8,13H2,1H3. The van der Waals surface area contributed by atoms with E-state index in [1.54, 1.807) is 0 Å². The van der Waals surface area contributed by atoms with E-state index in [1.807, 2.05) is 0 Å². The van der Waals surface area contributed by atoms with Crippen molar-refractivity contribution in [3.05, 3.63) is 0 Å². The Morgan fingerprint density at radius 3 is 2.57 bits per heavy atom. The Morgan fingerprint density at radius 1 is 1.14 bits per heavy atom. The van der Waals surface area contributed by atoms with Gasteiger partial charge in [0, 0.05) is 18.1 Å². The van der Waals surface area contributed by atoms with Crippen molar-refractivity contribution in [1.29, 1.82) is 0 Å². The molecule has 3 N–H and O–H groups in total. The lowest BCUT2D eigenvalue weighted by Gasteiger charge is -2.39. The van der Waals surface area contributed by atoms with Crippen LogP contribution in [0.1, 0.15) is 51.9 Å². The third kappa shape index (κ3) is 2.48. The molecule has 0 spiro atoms. The normalized spacial score (nSPS) is 43.3. The minimum Gasteiger partial charge on any atom is -0.328 e. The van der Waals surface area contributed by atoms with Gasteiger partial charge in [-0.05, 0) is 31.6 Å². The van der Waals surface area contributed by atoms with Gasteiger partial charge >= 0.3 is 0 Å². The third-order valence-electron chi connectivity index (χ3n) is 4.01. The molecule has 0 aromatic carbocycles. The monoisotopic (exact) mass is 196 g/mol. The summed E-state index contributed by atoms with van der Waals surface area (Å²) in [6, 6.07) is 2.02. The molecule has 2 fully saturated rings. The number of hydrogen-bond acceptors (Lipinski definition) is 2. The molecule has 0 aromatic rings. The first-order valence-corrected chi connectivity index (χ1v) is 6.29. The van der Waals surface area contributed by atoms with E-state index >= 15 is 0 Å². The number of nitrogens with one attached hydrogen (secondary N) is 1. The van der Waals surface area contributed by atoms with Gasteiger partial charge in [-0.2, -0.15) is 0 Å². The van der Waals surface area contributed by atoms with E-state index in [4.69, 9.17) is 5.73 Å². The molecule has 2 aliphatic rings. The van der Waals surface area contributed by atoms with Crippen molar-refractivity contribution in [3.8, 4) is 0 Å². The topological polar surface area (TPSA) is 38.0 Å². The number of rotatable bonds is 3. The lowest BCUT2D eigenvalue weighted by atomic mass is 9.81. The van der Waals surface area contributed by atoms with Gasteiger partial charge in [0.1, 0.15) is 0 Å². The second kappa shape index (κ2) is 4.63. The first-order chi connectivity index (χ1) is 6.78. The molecule has 2 nitrogen and oxygen atoms in total. The van der Waals surface area contributed by atoms with E-state index in [1.165, 1.54) is 44.9 Å². The SMILES string of the molecule is CCC1CCCC(NC2CC(N)C2)C1. The predicted molar refractivity (Wildman–Crippen MR) is 60.2 cm³/mol. The summed E-state index contributed by atoms with van der Waals surface area (Å²) in [4.78, 5) is 0. The summed E-state index contributed by atoms with van der Waals surface area (Å²) in [5.41, 5.74) is 5.79. The highest BCUT2D eigenvalue weighted by Crippen LogP contribution is 2.28. The largest absolute Gasteiger partial charge is 0.328 e. The van der Waals surface area contributed by atoms with Gasteiger partial charge in [-0.3, -0.25) is 0 Å². The zero-order valence-corrected chi connectivity index (χ0v) is 9.34. The quantitative estimate of drug-likeness (QED) is 0.725. The van der Waals surface area contributed by atoms with E-state index < -0.39 is 0 Å². The molecule has 0 bridgehead atoms. The van der Waals surface area contributed by atoms with Gasteiger partial charge in [0.15, 0.2) is 0 Å². The number of nitrogens with two attached hydrogens (primary N) is 1. The summed E-state index contributed by atoms with van der Waals surface area (Å²) in [5.74, 6) is 0.981. The molecule has 82 valence electrons. The van der Waals surface area contributed by atoms with Crippen molar-refractivity contribution < 1.29 is 0 Å². The van der Waals surface area contributed by atoms with E-state index in [2.05, 4.69) is 12.2 Å². The molecular formula is C12H24N2. The van der Waals surface area contributed by atoms with Crippen LogP contribution in [-0.2, 0) is 0 Å². The average molecular weight is 196 g/mol. The zero-order chi connectivity index (χ0) is 9.97. The van der Waals surface area contributed by atoms with Crippen LogP contribution in [0.25, 0.3) is 0 Å². The van der Waals surface area contributed by atoms with E-state index in [9.17, 15) is 0 Å². The fraction of sp³-hybridized carbons (Fsp3) is 1.00. The van der Waals surface area contributed by atoms with Crippen LogP contribution in [0.5, 0.6) is 0 Å². The van der Waals surface area contributed by atoms with Crippen LogP contribution in [0, 0.1) is 5.92 Å². The Hall–Kier alpha value is -0.0800. The van der Waals surface area contributed by atoms with E-state index in [0.717, 1.165) is 18.0 Å².